The van der Waals surface area contributed by atoms with Crippen molar-refractivity contribution in [2.75, 3.05) is 14.2 Å². The van der Waals surface area contributed by atoms with E-state index in [1.807, 2.05) is 109 Å². The third-order valence-corrected chi connectivity index (χ3v) is 8.59. The molecule has 1 aliphatic rings. The van der Waals surface area contributed by atoms with Crippen LogP contribution in [0.15, 0.2) is 109 Å². The lowest BCUT2D eigenvalue weighted by molar-refractivity contribution is 0.185. The van der Waals surface area contributed by atoms with Crippen LogP contribution in [-0.4, -0.2) is 19.1 Å². The molecule has 6 aromatic rings. The molecule has 0 saturated heterocycles. The van der Waals surface area contributed by atoms with Crippen LogP contribution in [0.3, 0.4) is 0 Å². The van der Waals surface area contributed by atoms with E-state index in [1.54, 1.807) is 14.2 Å². The van der Waals surface area contributed by atoms with Crippen LogP contribution in [0.1, 0.15) is 11.1 Å². The highest BCUT2D eigenvalue weighted by Gasteiger charge is 2.37. The monoisotopic (exact) mass is 588 g/mol. The SMILES string of the molecule is COCc1cccc(-c2cc3ccccc3c3c2OP(=O)(O)Oc2c(-c4cccc(COC)c4)cc4ccccc4c2-3)c1. The summed E-state index contributed by atoms with van der Waals surface area (Å²) in [6.45, 7) is 0.871. The zero-order chi connectivity index (χ0) is 29.6. The first-order valence-corrected chi connectivity index (χ1v) is 15.5. The van der Waals surface area contributed by atoms with E-state index < -0.39 is 7.82 Å². The lowest BCUT2D eigenvalue weighted by Gasteiger charge is -2.19. The van der Waals surface area contributed by atoms with Gasteiger partial charge in [-0.2, -0.15) is 0 Å². The number of rotatable bonds is 6. The predicted molar refractivity (Wildman–Crippen MR) is 170 cm³/mol. The normalized spacial score (nSPS) is 13.6. The van der Waals surface area contributed by atoms with Crippen LogP contribution in [0, 0.1) is 0 Å². The molecule has 1 heterocycles. The van der Waals surface area contributed by atoms with Crippen molar-refractivity contribution >= 4 is 29.4 Å². The van der Waals surface area contributed by atoms with E-state index in [0.29, 0.717) is 47.0 Å². The summed E-state index contributed by atoms with van der Waals surface area (Å²) in [7, 11) is -1.33. The van der Waals surface area contributed by atoms with Gasteiger partial charge in [-0.05, 0) is 68.1 Å². The minimum atomic E-state index is -4.64. The maximum atomic E-state index is 13.8. The van der Waals surface area contributed by atoms with Gasteiger partial charge in [-0.15, -0.1) is 0 Å². The molecule has 43 heavy (non-hydrogen) atoms. The molecule has 0 saturated carbocycles. The highest BCUT2D eigenvalue weighted by atomic mass is 31.2. The largest absolute Gasteiger partial charge is 0.584 e. The van der Waals surface area contributed by atoms with Crippen LogP contribution >= 0.6 is 7.82 Å². The van der Waals surface area contributed by atoms with Crippen LogP contribution < -0.4 is 9.05 Å². The Morgan fingerprint density at radius 3 is 1.49 bits per heavy atom. The molecule has 0 atom stereocenters. The second kappa shape index (κ2) is 11.0. The summed E-state index contributed by atoms with van der Waals surface area (Å²) < 4.78 is 36.7. The molecule has 6 aromatic carbocycles. The van der Waals surface area contributed by atoms with Crippen molar-refractivity contribution in [3.05, 3.63) is 120 Å². The van der Waals surface area contributed by atoms with E-state index in [0.717, 1.165) is 43.8 Å². The summed E-state index contributed by atoms with van der Waals surface area (Å²) in [5.41, 5.74) is 6.42. The van der Waals surface area contributed by atoms with Gasteiger partial charge in [0.05, 0.1) is 13.2 Å². The van der Waals surface area contributed by atoms with Crippen molar-refractivity contribution in [2.24, 2.45) is 0 Å². The van der Waals surface area contributed by atoms with E-state index in [-0.39, 0.29) is 0 Å². The topological polar surface area (TPSA) is 74.2 Å². The maximum Gasteiger partial charge on any atom is 0.584 e. The molecular formula is C36H29O6P. The number of phosphoric acid groups is 1. The standard InChI is InChI=1S/C36H29O6P/c1-39-21-23-9-7-13-25(17-23)31-19-27-11-3-5-15-29(27)33-34-30-16-6-4-12-28(30)20-32(26-14-8-10-24(18-26)22-40-2)36(34)42-43(37,38)41-35(31)33/h3-20H,21-22H2,1-2H3,(H,37,38). The molecule has 0 fully saturated rings. The van der Waals surface area contributed by atoms with E-state index >= 15 is 0 Å². The summed E-state index contributed by atoms with van der Waals surface area (Å²) in [5, 5.41) is 3.70. The number of methoxy groups -OCH3 is 2. The van der Waals surface area contributed by atoms with Crippen molar-refractivity contribution in [3.63, 3.8) is 0 Å². The first kappa shape index (κ1) is 27.4. The van der Waals surface area contributed by atoms with Crippen molar-refractivity contribution in [1.29, 1.82) is 0 Å². The summed E-state index contributed by atoms with van der Waals surface area (Å²) in [6, 6.07) is 35.9. The molecule has 214 valence electrons. The van der Waals surface area contributed by atoms with Crippen molar-refractivity contribution in [3.8, 4) is 44.9 Å². The number of benzene rings is 6. The van der Waals surface area contributed by atoms with Crippen LogP contribution in [0.4, 0.5) is 0 Å². The van der Waals surface area contributed by atoms with Gasteiger partial charge in [0.1, 0.15) is 11.5 Å². The molecule has 1 N–H and O–H groups in total. The summed E-state index contributed by atoms with van der Waals surface area (Å²) in [6.07, 6.45) is 0. The van der Waals surface area contributed by atoms with E-state index in [4.69, 9.17) is 18.5 Å². The highest BCUT2D eigenvalue weighted by Crippen LogP contribution is 2.61. The second-order valence-corrected chi connectivity index (χ2v) is 11.9. The number of hydrogen-bond donors (Lipinski definition) is 1. The zero-order valence-electron chi connectivity index (χ0n) is 23.7. The van der Waals surface area contributed by atoms with Gasteiger partial charge in [0, 0.05) is 36.5 Å². The maximum absolute atomic E-state index is 13.8. The Balaban J connectivity index is 1.63. The molecule has 0 radical (unpaired) electrons. The van der Waals surface area contributed by atoms with Gasteiger partial charge in [-0.25, -0.2) is 4.57 Å². The average Bonchev–Trinajstić information content (AvgIpc) is 3.14. The lowest BCUT2D eigenvalue weighted by atomic mass is 9.86. The van der Waals surface area contributed by atoms with Gasteiger partial charge in [0.15, 0.2) is 0 Å². The number of fused-ring (bicyclic) bond motifs is 7. The Labute approximate surface area is 249 Å². The van der Waals surface area contributed by atoms with Crippen LogP contribution in [0.25, 0.3) is 54.9 Å². The molecule has 0 bridgehead atoms. The Morgan fingerprint density at radius 1 is 0.605 bits per heavy atom. The molecular weight excluding hydrogens is 559 g/mol. The summed E-state index contributed by atoms with van der Waals surface area (Å²) in [4.78, 5) is 11.3. The van der Waals surface area contributed by atoms with Crippen LogP contribution in [0.2, 0.25) is 0 Å². The molecule has 6 nitrogen and oxygen atoms in total. The Kier molecular flexibility index (Phi) is 7.00. The minimum absolute atomic E-state index is 0.299. The summed E-state index contributed by atoms with van der Waals surface area (Å²) >= 11 is 0. The number of hydrogen-bond acceptors (Lipinski definition) is 5. The molecule has 7 rings (SSSR count). The average molecular weight is 589 g/mol. The van der Waals surface area contributed by atoms with Gasteiger partial charge in [-0.1, -0.05) is 84.9 Å². The van der Waals surface area contributed by atoms with Gasteiger partial charge in [0.25, 0.3) is 0 Å². The van der Waals surface area contributed by atoms with Gasteiger partial charge >= 0.3 is 7.82 Å². The van der Waals surface area contributed by atoms with Crippen molar-refractivity contribution in [2.45, 2.75) is 13.2 Å². The fraction of sp³-hybridized carbons (Fsp3) is 0.111. The molecule has 0 spiro atoms. The molecule has 0 unspecified atom stereocenters. The van der Waals surface area contributed by atoms with Gasteiger partial charge < -0.3 is 18.5 Å². The van der Waals surface area contributed by atoms with Crippen molar-refractivity contribution < 1.29 is 28.0 Å². The minimum Gasteiger partial charge on any atom is -0.394 e. The van der Waals surface area contributed by atoms with Gasteiger partial charge in [0.2, 0.25) is 0 Å². The van der Waals surface area contributed by atoms with Crippen molar-refractivity contribution in [1.82, 2.24) is 0 Å². The number of phosphoric ester groups is 1. The zero-order valence-corrected chi connectivity index (χ0v) is 24.6. The molecule has 1 aliphatic heterocycles. The first-order valence-electron chi connectivity index (χ1n) is 14.0. The highest BCUT2D eigenvalue weighted by molar-refractivity contribution is 7.48. The molecule has 0 aliphatic carbocycles. The Bertz CT molecular complexity index is 1920. The molecule has 0 amide bonds. The fourth-order valence-corrected chi connectivity index (χ4v) is 6.89. The third-order valence-electron chi connectivity index (χ3n) is 7.76. The van der Waals surface area contributed by atoms with E-state index in [2.05, 4.69) is 0 Å². The Hall–Kier alpha value is -4.45. The second-order valence-electron chi connectivity index (χ2n) is 10.6. The van der Waals surface area contributed by atoms with E-state index in [9.17, 15) is 9.46 Å². The smallest absolute Gasteiger partial charge is 0.394 e. The first-order chi connectivity index (χ1) is 21.0. The summed E-state index contributed by atoms with van der Waals surface area (Å²) in [5.74, 6) is 0.599. The quantitative estimate of drug-likeness (QED) is 0.196. The molecule has 0 aromatic heterocycles. The Morgan fingerprint density at radius 2 is 1.05 bits per heavy atom. The van der Waals surface area contributed by atoms with Crippen LogP contribution in [0.5, 0.6) is 11.5 Å². The fourth-order valence-electron chi connectivity index (χ4n) is 6.01. The third kappa shape index (κ3) is 4.99. The van der Waals surface area contributed by atoms with Gasteiger partial charge in [-0.3, -0.25) is 4.89 Å². The van der Waals surface area contributed by atoms with Crippen LogP contribution in [-0.2, 0) is 27.3 Å². The number of ether oxygens (including phenoxy) is 2. The lowest BCUT2D eigenvalue weighted by Crippen LogP contribution is -2.00. The molecule has 7 heteroatoms. The predicted octanol–water partition coefficient (Wildman–Crippen LogP) is 9.16. The van der Waals surface area contributed by atoms with E-state index in [1.165, 1.54) is 0 Å².